The van der Waals surface area contributed by atoms with E-state index in [0.29, 0.717) is 23.7 Å². The summed E-state index contributed by atoms with van der Waals surface area (Å²) in [4.78, 5) is 27.9. The first-order chi connectivity index (χ1) is 13.1. The maximum Gasteiger partial charge on any atom is 0.295 e. The van der Waals surface area contributed by atoms with Crippen LogP contribution < -0.4 is 0 Å². The summed E-state index contributed by atoms with van der Waals surface area (Å²) in [6.45, 7) is 1.01. The first kappa shape index (κ1) is 18.2. The average Bonchev–Trinajstić information content (AvgIpc) is 3.40. The third-order valence-electron chi connectivity index (χ3n) is 4.89. The molecule has 2 saturated heterocycles. The molecular formula is C20H18ClNO4S. The normalized spacial score (nSPS) is 24.7. The van der Waals surface area contributed by atoms with Crippen LogP contribution in [0.5, 0.6) is 0 Å². The van der Waals surface area contributed by atoms with Crippen molar-refractivity contribution in [3.8, 4) is 0 Å². The molecular weight excluding hydrogens is 386 g/mol. The molecule has 2 aliphatic heterocycles. The fourth-order valence-electron chi connectivity index (χ4n) is 3.58. The average molecular weight is 404 g/mol. The summed E-state index contributed by atoms with van der Waals surface area (Å²) in [5, 5.41) is 13.3. The number of nitrogens with zero attached hydrogens (tertiary/aromatic N) is 1. The van der Waals surface area contributed by atoms with E-state index in [1.165, 1.54) is 16.2 Å². The van der Waals surface area contributed by atoms with E-state index in [4.69, 9.17) is 16.3 Å². The number of rotatable bonds is 4. The van der Waals surface area contributed by atoms with E-state index in [9.17, 15) is 14.7 Å². The zero-order valence-electron chi connectivity index (χ0n) is 14.4. The van der Waals surface area contributed by atoms with E-state index in [1.807, 2.05) is 17.5 Å². The van der Waals surface area contributed by atoms with Gasteiger partial charge in [0.05, 0.1) is 17.7 Å². The molecule has 0 saturated carbocycles. The van der Waals surface area contributed by atoms with Crippen LogP contribution in [-0.2, 0) is 14.3 Å². The highest BCUT2D eigenvalue weighted by molar-refractivity contribution is 7.10. The Kier molecular flexibility index (Phi) is 5.04. The zero-order chi connectivity index (χ0) is 19.0. The Morgan fingerprint density at radius 1 is 1.26 bits per heavy atom. The number of hydrogen-bond acceptors (Lipinski definition) is 5. The highest BCUT2D eigenvalue weighted by atomic mass is 35.5. The van der Waals surface area contributed by atoms with Crippen molar-refractivity contribution in [2.75, 3.05) is 13.2 Å². The topological polar surface area (TPSA) is 66.8 Å². The smallest absolute Gasteiger partial charge is 0.295 e. The van der Waals surface area contributed by atoms with E-state index >= 15 is 0 Å². The number of hydrogen-bond donors (Lipinski definition) is 1. The van der Waals surface area contributed by atoms with Gasteiger partial charge in [0, 0.05) is 28.6 Å². The van der Waals surface area contributed by atoms with Crippen molar-refractivity contribution in [2.45, 2.75) is 25.0 Å². The quantitative estimate of drug-likeness (QED) is 0.476. The van der Waals surface area contributed by atoms with Gasteiger partial charge in [0.15, 0.2) is 0 Å². The van der Waals surface area contributed by atoms with Crippen LogP contribution in [0.1, 0.15) is 29.3 Å². The fourth-order valence-corrected chi connectivity index (χ4v) is 4.55. The number of ketones is 1. The van der Waals surface area contributed by atoms with Crippen molar-refractivity contribution in [1.29, 1.82) is 0 Å². The molecule has 1 aromatic heterocycles. The lowest BCUT2D eigenvalue weighted by Gasteiger charge is -2.26. The second-order valence-corrected chi connectivity index (χ2v) is 8.02. The summed E-state index contributed by atoms with van der Waals surface area (Å²) >= 11 is 7.37. The van der Waals surface area contributed by atoms with Gasteiger partial charge in [-0.3, -0.25) is 9.59 Å². The highest BCUT2D eigenvalue weighted by Gasteiger charge is 2.47. The van der Waals surface area contributed by atoms with Crippen LogP contribution in [0.15, 0.2) is 47.4 Å². The summed E-state index contributed by atoms with van der Waals surface area (Å²) < 4.78 is 5.66. The van der Waals surface area contributed by atoms with E-state index in [2.05, 4.69) is 0 Å². The third kappa shape index (κ3) is 3.40. The van der Waals surface area contributed by atoms with Crippen LogP contribution in [0.3, 0.4) is 0 Å². The van der Waals surface area contributed by atoms with Gasteiger partial charge >= 0.3 is 0 Å². The number of likely N-dealkylation sites (tertiary alicyclic amines) is 1. The minimum atomic E-state index is -0.668. The molecule has 2 aliphatic rings. The van der Waals surface area contributed by atoms with Crippen LogP contribution >= 0.6 is 22.9 Å². The van der Waals surface area contributed by atoms with Crippen molar-refractivity contribution < 1.29 is 19.4 Å². The van der Waals surface area contributed by atoms with Gasteiger partial charge in [-0.1, -0.05) is 17.7 Å². The maximum atomic E-state index is 12.8. The molecule has 27 heavy (non-hydrogen) atoms. The number of ether oxygens (including phenoxy) is 1. The molecule has 3 heterocycles. The van der Waals surface area contributed by atoms with E-state index in [-0.39, 0.29) is 17.4 Å². The Labute approximate surface area is 165 Å². The summed E-state index contributed by atoms with van der Waals surface area (Å²) in [7, 11) is 0. The van der Waals surface area contributed by atoms with Crippen molar-refractivity contribution in [2.24, 2.45) is 0 Å². The Balaban J connectivity index is 1.78. The molecule has 2 aromatic rings. The summed E-state index contributed by atoms with van der Waals surface area (Å²) in [6, 6.07) is 9.68. The predicted molar refractivity (Wildman–Crippen MR) is 104 cm³/mol. The lowest BCUT2D eigenvalue weighted by Crippen LogP contribution is -2.36. The van der Waals surface area contributed by atoms with Crippen molar-refractivity contribution in [3.05, 3.63) is 62.8 Å². The van der Waals surface area contributed by atoms with Crippen LogP contribution in [0.25, 0.3) is 5.76 Å². The van der Waals surface area contributed by atoms with Crippen molar-refractivity contribution in [1.82, 2.24) is 4.90 Å². The SMILES string of the molecule is O=C1C(=O)N(C[C@H]2CCCO2)[C@@H](c2cccs2)/C1=C(\O)c1ccc(Cl)cc1. The van der Waals surface area contributed by atoms with Gasteiger partial charge in [0.25, 0.3) is 11.7 Å². The van der Waals surface area contributed by atoms with Gasteiger partial charge in [-0.15, -0.1) is 11.3 Å². The molecule has 0 aliphatic carbocycles. The molecule has 1 N–H and O–H groups in total. The molecule has 0 radical (unpaired) electrons. The van der Waals surface area contributed by atoms with Gasteiger partial charge < -0.3 is 14.7 Å². The Morgan fingerprint density at radius 2 is 2.04 bits per heavy atom. The zero-order valence-corrected chi connectivity index (χ0v) is 16.0. The van der Waals surface area contributed by atoms with Crippen LogP contribution in [-0.4, -0.2) is 41.0 Å². The number of carbonyl (C=O) groups excluding carboxylic acids is 2. The minimum Gasteiger partial charge on any atom is -0.507 e. The summed E-state index contributed by atoms with van der Waals surface area (Å²) in [5.41, 5.74) is 0.568. The minimum absolute atomic E-state index is 0.0822. The highest BCUT2D eigenvalue weighted by Crippen LogP contribution is 2.41. The van der Waals surface area contributed by atoms with E-state index in [0.717, 1.165) is 17.7 Å². The fraction of sp³-hybridized carbons (Fsp3) is 0.300. The molecule has 0 spiro atoms. The molecule has 2 atom stereocenters. The molecule has 1 amide bonds. The van der Waals surface area contributed by atoms with Crippen molar-refractivity contribution >= 4 is 40.4 Å². The van der Waals surface area contributed by atoms with Gasteiger partial charge in [-0.2, -0.15) is 0 Å². The Morgan fingerprint density at radius 3 is 2.67 bits per heavy atom. The first-order valence-corrected chi connectivity index (χ1v) is 10.0. The Bertz CT molecular complexity index is 885. The molecule has 4 rings (SSSR count). The van der Waals surface area contributed by atoms with Crippen LogP contribution in [0, 0.1) is 0 Å². The van der Waals surface area contributed by atoms with Crippen LogP contribution in [0.2, 0.25) is 5.02 Å². The molecule has 5 nitrogen and oxygen atoms in total. The number of aliphatic hydroxyl groups excluding tert-OH is 1. The van der Waals surface area contributed by atoms with Gasteiger partial charge in [0.2, 0.25) is 0 Å². The largest absolute Gasteiger partial charge is 0.507 e. The van der Waals surface area contributed by atoms with Gasteiger partial charge in [0.1, 0.15) is 5.76 Å². The van der Waals surface area contributed by atoms with E-state index in [1.54, 1.807) is 24.3 Å². The number of carbonyl (C=O) groups is 2. The van der Waals surface area contributed by atoms with Crippen LogP contribution in [0.4, 0.5) is 0 Å². The monoisotopic (exact) mass is 403 g/mol. The van der Waals surface area contributed by atoms with E-state index < -0.39 is 17.7 Å². The first-order valence-electron chi connectivity index (χ1n) is 8.75. The van der Waals surface area contributed by atoms with Crippen molar-refractivity contribution in [3.63, 3.8) is 0 Å². The molecule has 0 bridgehead atoms. The molecule has 0 unspecified atom stereocenters. The molecule has 140 valence electrons. The molecule has 7 heteroatoms. The lowest BCUT2D eigenvalue weighted by molar-refractivity contribution is -0.140. The number of benzene rings is 1. The second kappa shape index (κ2) is 7.46. The third-order valence-corrected chi connectivity index (χ3v) is 6.07. The molecule has 1 aromatic carbocycles. The predicted octanol–water partition coefficient (Wildman–Crippen LogP) is 4.00. The Hall–Kier alpha value is -2.15. The summed E-state index contributed by atoms with van der Waals surface area (Å²) in [6.07, 6.45) is 1.72. The van der Waals surface area contributed by atoms with Gasteiger partial charge in [-0.05, 0) is 48.6 Å². The maximum absolute atomic E-state index is 12.8. The number of halogens is 1. The number of amides is 1. The second-order valence-electron chi connectivity index (χ2n) is 6.61. The number of aliphatic hydroxyl groups is 1. The number of Topliss-reactive ketones (excluding diaryl/α,β-unsaturated/α-hetero) is 1. The number of thiophene rings is 1. The van der Waals surface area contributed by atoms with Gasteiger partial charge in [-0.25, -0.2) is 0 Å². The molecule has 2 fully saturated rings. The lowest BCUT2D eigenvalue weighted by atomic mass is 10.00. The standard InChI is InChI=1S/C20H18ClNO4S/c21-13-7-5-12(6-8-13)18(23)16-17(15-4-2-10-27-15)22(20(25)19(16)24)11-14-3-1-9-26-14/h2,4-8,10,14,17,23H,1,3,9,11H2/b18-16+/t14-,17+/m1/s1. The summed E-state index contributed by atoms with van der Waals surface area (Å²) in [5.74, 6) is -1.45.